The van der Waals surface area contributed by atoms with Gasteiger partial charge in [-0.15, -0.1) is 0 Å². The van der Waals surface area contributed by atoms with E-state index in [1.54, 1.807) is 0 Å². The van der Waals surface area contributed by atoms with Crippen LogP contribution in [0.5, 0.6) is 0 Å². The van der Waals surface area contributed by atoms with E-state index in [-0.39, 0.29) is 17.6 Å². The van der Waals surface area contributed by atoms with Crippen LogP contribution in [0.3, 0.4) is 0 Å². The second-order valence-electron chi connectivity index (χ2n) is 3.00. The molecule has 62 valence electrons. The summed E-state index contributed by atoms with van der Waals surface area (Å²) in [5.74, 6) is -1.22. The lowest BCUT2D eigenvalue weighted by atomic mass is 10.1. The highest BCUT2D eigenvalue weighted by Crippen LogP contribution is 2.40. The van der Waals surface area contributed by atoms with E-state index in [0.29, 0.717) is 12.8 Å². The molecule has 0 heterocycles. The highest BCUT2D eigenvalue weighted by atomic mass is 16.4. The molecule has 1 N–H and O–H groups in total. The Labute approximate surface area is 65.4 Å². The number of carboxylic acid groups (broad SMARTS) is 1. The van der Waals surface area contributed by atoms with Gasteiger partial charge in [0.1, 0.15) is 5.78 Å². The van der Waals surface area contributed by atoms with Crippen LogP contribution in [0.25, 0.3) is 0 Å². The van der Waals surface area contributed by atoms with Gasteiger partial charge in [0.05, 0.1) is 5.92 Å². The molecular formula is C8H12O3. The van der Waals surface area contributed by atoms with Crippen LogP contribution >= 0.6 is 0 Å². The van der Waals surface area contributed by atoms with E-state index >= 15 is 0 Å². The molecule has 1 aliphatic carbocycles. The van der Waals surface area contributed by atoms with Gasteiger partial charge in [0.2, 0.25) is 0 Å². The second-order valence-corrected chi connectivity index (χ2v) is 3.00. The molecule has 1 saturated carbocycles. The van der Waals surface area contributed by atoms with Crippen LogP contribution in [-0.2, 0) is 9.59 Å². The number of hydrogen-bond donors (Lipinski definition) is 1. The number of carbonyl (C=O) groups excluding carboxylic acids is 1. The van der Waals surface area contributed by atoms with Crippen molar-refractivity contribution >= 4 is 11.8 Å². The summed E-state index contributed by atoms with van der Waals surface area (Å²) in [7, 11) is 0. The fourth-order valence-electron chi connectivity index (χ4n) is 1.26. The first-order chi connectivity index (χ1) is 5.16. The van der Waals surface area contributed by atoms with Gasteiger partial charge in [-0.3, -0.25) is 9.59 Å². The molecule has 0 radical (unpaired) electrons. The molecule has 2 unspecified atom stereocenters. The predicted octanol–water partition coefficient (Wildman–Crippen LogP) is 1.08. The van der Waals surface area contributed by atoms with Crippen LogP contribution in [0, 0.1) is 11.8 Å². The van der Waals surface area contributed by atoms with Gasteiger partial charge in [0.25, 0.3) is 0 Å². The third-order valence-electron chi connectivity index (χ3n) is 2.02. The van der Waals surface area contributed by atoms with Crippen molar-refractivity contribution in [3.05, 3.63) is 0 Å². The minimum Gasteiger partial charge on any atom is -0.481 e. The van der Waals surface area contributed by atoms with Crippen LogP contribution in [0.1, 0.15) is 26.2 Å². The Morgan fingerprint density at radius 3 is 2.45 bits per heavy atom. The monoisotopic (exact) mass is 156 g/mol. The van der Waals surface area contributed by atoms with E-state index in [9.17, 15) is 9.59 Å². The zero-order chi connectivity index (χ0) is 8.43. The van der Waals surface area contributed by atoms with E-state index in [0.717, 1.165) is 6.42 Å². The van der Waals surface area contributed by atoms with E-state index in [1.165, 1.54) is 0 Å². The number of aliphatic carboxylic acids is 1. The van der Waals surface area contributed by atoms with Crippen LogP contribution in [0.4, 0.5) is 0 Å². The first-order valence-corrected chi connectivity index (χ1v) is 3.92. The van der Waals surface area contributed by atoms with Crippen LogP contribution in [0.2, 0.25) is 0 Å². The zero-order valence-corrected chi connectivity index (χ0v) is 6.54. The van der Waals surface area contributed by atoms with Gasteiger partial charge < -0.3 is 5.11 Å². The summed E-state index contributed by atoms with van der Waals surface area (Å²) >= 11 is 0. The Kier molecular flexibility index (Phi) is 2.27. The lowest BCUT2D eigenvalue weighted by Gasteiger charge is -1.93. The summed E-state index contributed by atoms with van der Waals surface area (Å²) < 4.78 is 0. The fourth-order valence-corrected chi connectivity index (χ4v) is 1.26. The average Bonchev–Trinajstić information content (AvgIpc) is 2.65. The van der Waals surface area contributed by atoms with Gasteiger partial charge in [-0.2, -0.15) is 0 Å². The van der Waals surface area contributed by atoms with Crippen molar-refractivity contribution in [1.82, 2.24) is 0 Å². The smallest absolute Gasteiger partial charge is 0.307 e. The lowest BCUT2D eigenvalue weighted by molar-refractivity contribution is -0.140. The van der Waals surface area contributed by atoms with Crippen molar-refractivity contribution in [2.45, 2.75) is 26.2 Å². The number of ketones is 1. The maximum atomic E-state index is 11.1. The number of Topliss-reactive ketones (excluding diaryl/α,β-unsaturated/α-hetero) is 1. The maximum absolute atomic E-state index is 11.1. The van der Waals surface area contributed by atoms with Gasteiger partial charge in [-0.25, -0.2) is 0 Å². The Bertz CT molecular complexity index is 186. The Balaban J connectivity index is 2.32. The normalized spacial score (nSPS) is 28.1. The molecule has 1 aliphatic rings. The highest BCUT2D eigenvalue weighted by Gasteiger charge is 2.47. The van der Waals surface area contributed by atoms with Crippen LogP contribution in [-0.4, -0.2) is 16.9 Å². The minimum absolute atomic E-state index is 0.125. The molecule has 2 atom stereocenters. The largest absolute Gasteiger partial charge is 0.481 e. The molecule has 0 aromatic rings. The van der Waals surface area contributed by atoms with E-state index in [2.05, 4.69) is 0 Å². The van der Waals surface area contributed by atoms with Crippen LogP contribution < -0.4 is 0 Å². The summed E-state index contributed by atoms with van der Waals surface area (Å²) in [5.41, 5.74) is 0. The molecule has 0 aliphatic heterocycles. The Morgan fingerprint density at radius 2 is 2.09 bits per heavy atom. The summed E-state index contributed by atoms with van der Waals surface area (Å²) in [4.78, 5) is 21.4. The van der Waals surface area contributed by atoms with Gasteiger partial charge in [0.15, 0.2) is 0 Å². The van der Waals surface area contributed by atoms with Crippen molar-refractivity contribution in [3.8, 4) is 0 Å². The van der Waals surface area contributed by atoms with Gasteiger partial charge in [-0.05, 0) is 12.8 Å². The van der Waals surface area contributed by atoms with E-state index in [4.69, 9.17) is 5.11 Å². The van der Waals surface area contributed by atoms with Gasteiger partial charge in [-0.1, -0.05) is 6.92 Å². The second kappa shape index (κ2) is 3.03. The Morgan fingerprint density at radius 1 is 1.45 bits per heavy atom. The molecule has 1 rings (SSSR count). The average molecular weight is 156 g/mol. The Hall–Kier alpha value is -0.860. The van der Waals surface area contributed by atoms with Crippen LogP contribution in [0.15, 0.2) is 0 Å². The molecular weight excluding hydrogens is 144 g/mol. The quantitative estimate of drug-likeness (QED) is 0.662. The van der Waals surface area contributed by atoms with Crippen molar-refractivity contribution in [1.29, 1.82) is 0 Å². The molecule has 0 amide bonds. The minimum atomic E-state index is -0.820. The molecule has 11 heavy (non-hydrogen) atoms. The topological polar surface area (TPSA) is 54.4 Å². The number of carboxylic acids is 1. The zero-order valence-electron chi connectivity index (χ0n) is 6.54. The summed E-state index contributed by atoms with van der Waals surface area (Å²) in [6.45, 7) is 1.93. The van der Waals surface area contributed by atoms with Crippen molar-refractivity contribution < 1.29 is 14.7 Å². The predicted molar refractivity (Wildman–Crippen MR) is 39.1 cm³/mol. The highest BCUT2D eigenvalue weighted by molar-refractivity contribution is 5.90. The summed E-state index contributed by atoms with van der Waals surface area (Å²) in [6, 6.07) is 0. The number of hydrogen-bond acceptors (Lipinski definition) is 2. The maximum Gasteiger partial charge on any atom is 0.307 e. The van der Waals surface area contributed by atoms with Gasteiger partial charge >= 0.3 is 5.97 Å². The summed E-state index contributed by atoms with van der Waals surface area (Å²) in [6.07, 6.45) is 1.92. The molecule has 0 spiro atoms. The molecule has 3 heteroatoms. The van der Waals surface area contributed by atoms with Gasteiger partial charge in [0, 0.05) is 12.3 Å². The standard InChI is InChI=1S/C8H12O3/c1-2-3-7(9)5-4-6(5)8(10)11/h5-6H,2-4H2,1H3,(H,10,11). The first kappa shape index (κ1) is 8.24. The number of carbonyl (C=O) groups is 2. The van der Waals surface area contributed by atoms with Crippen molar-refractivity contribution in [3.63, 3.8) is 0 Å². The number of rotatable bonds is 4. The third kappa shape index (κ3) is 1.79. The van der Waals surface area contributed by atoms with Crippen molar-refractivity contribution in [2.24, 2.45) is 11.8 Å². The first-order valence-electron chi connectivity index (χ1n) is 3.92. The molecule has 1 fully saturated rings. The summed E-state index contributed by atoms with van der Waals surface area (Å²) in [5, 5.41) is 8.49. The molecule has 0 saturated heterocycles. The fraction of sp³-hybridized carbons (Fsp3) is 0.750. The van der Waals surface area contributed by atoms with E-state index in [1.807, 2.05) is 6.92 Å². The third-order valence-corrected chi connectivity index (χ3v) is 2.02. The molecule has 3 nitrogen and oxygen atoms in total. The molecule has 0 aromatic carbocycles. The molecule has 0 bridgehead atoms. The van der Waals surface area contributed by atoms with Crippen molar-refractivity contribution in [2.75, 3.05) is 0 Å². The van der Waals surface area contributed by atoms with E-state index < -0.39 is 5.97 Å². The molecule has 0 aromatic heterocycles. The SMILES string of the molecule is CCCC(=O)C1CC1C(=O)O. The lowest BCUT2D eigenvalue weighted by Crippen LogP contribution is -2.06.